The second kappa shape index (κ2) is 5.55. The molecule has 1 fully saturated rings. The van der Waals surface area contributed by atoms with Crippen LogP contribution in [0.25, 0.3) is 0 Å². The monoisotopic (exact) mass is 334 g/mol. The molecule has 0 saturated carbocycles. The lowest BCUT2D eigenvalue weighted by Gasteiger charge is -2.25. The number of para-hydroxylation sites is 1. The zero-order valence-electron chi connectivity index (χ0n) is 14.2. The van der Waals surface area contributed by atoms with E-state index in [9.17, 15) is 9.59 Å². The molecule has 2 aliphatic rings. The lowest BCUT2D eigenvalue weighted by molar-refractivity contribution is -0.119. The van der Waals surface area contributed by atoms with Crippen molar-refractivity contribution in [3.63, 3.8) is 0 Å². The minimum absolute atomic E-state index is 0.0459. The SMILES string of the molecule is COC(=O)c1ccc(N2CCC3(C2=O)C(C)=Nc2ccccc23)cc1. The van der Waals surface area contributed by atoms with Crippen LogP contribution in [0.2, 0.25) is 0 Å². The van der Waals surface area contributed by atoms with Gasteiger partial charge < -0.3 is 9.64 Å². The summed E-state index contributed by atoms with van der Waals surface area (Å²) in [7, 11) is 1.35. The van der Waals surface area contributed by atoms with E-state index in [0.717, 1.165) is 22.6 Å². The summed E-state index contributed by atoms with van der Waals surface area (Å²) in [6, 6.07) is 14.8. The van der Waals surface area contributed by atoms with Crippen molar-refractivity contribution < 1.29 is 14.3 Å². The fourth-order valence-electron chi connectivity index (χ4n) is 3.85. The molecule has 25 heavy (non-hydrogen) atoms. The molecule has 126 valence electrons. The first-order valence-corrected chi connectivity index (χ1v) is 8.23. The summed E-state index contributed by atoms with van der Waals surface area (Å²) in [5.74, 6) is -0.340. The summed E-state index contributed by atoms with van der Waals surface area (Å²) in [6.07, 6.45) is 0.705. The zero-order valence-corrected chi connectivity index (χ0v) is 14.2. The van der Waals surface area contributed by atoms with Crippen LogP contribution in [0.5, 0.6) is 0 Å². The van der Waals surface area contributed by atoms with E-state index in [1.807, 2.05) is 31.2 Å². The van der Waals surface area contributed by atoms with Gasteiger partial charge in [0.2, 0.25) is 5.91 Å². The highest BCUT2D eigenvalue weighted by Crippen LogP contribution is 2.47. The van der Waals surface area contributed by atoms with Crippen molar-refractivity contribution in [2.75, 3.05) is 18.6 Å². The molecule has 1 atom stereocenters. The highest BCUT2D eigenvalue weighted by Gasteiger charge is 2.53. The number of methoxy groups -OCH3 is 1. The Hall–Kier alpha value is -2.95. The largest absolute Gasteiger partial charge is 0.465 e. The molecule has 0 N–H and O–H groups in total. The molecule has 1 saturated heterocycles. The summed E-state index contributed by atoms with van der Waals surface area (Å²) in [4.78, 5) is 31.3. The van der Waals surface area contributed by atoms with Gasteiger partial charge in [-0.2, -0.15) is 0 Å². The van der Waals surface area contributed by atoms with E-state index in [0.29, 0.717) is 18.5 Å². The Kier molecular flexibility index (Phi) is 3.46. The number of esters is 1. The minimum Gasteiger partial charge on any atom is -0.465 e. The molecule has 2 aromatic carbocycles. The van der Waals surface area contributed by atoms with E-state index in [4.69, 9.17) is 4.74 Å². The van der Waals surface area contributed by atoms with Gasteiger partial charge in [0.15, 0.2) is 0 Å². The van der Waals surface area contributed by atoms with Crippen molar-refractivity contribution in [1.82, 2.24) is 0 Å². The summed E-state index contributed by atoms with van der Waals surface area (Å²) < 4.78 is 4.72. The van der Waals surface area contributed by atoms with E-state index in [1.54, 1.807) is 29.2 Å². The molecule has 5 nitrogen and oxygen atoms in total. The Bertz CT molecular complexity index is 901. The lowest BCUT2D eigenvalue weighted by atomic mass is 9.76. The Morgan fingerprint density at radius 3 is 2.60 bits per heavy atom. The standard InChI is InChI=1S/C20H18N2O3/c1-13-20(16-5-3-4-6-17(16)21-13)11-12-22(19(20)24)15-9-7-14(8-10-15)18(23)25-2/h3-10H,11-12H2,1-2H3. The molecule has 1 unspecified atom stereocenters. The van der Waals surface area contributed by atoms with Crippen LogP contribution in [0.15, 0.2) is 53.5 Å². The lowest BCUT2D eigenvalue weighted by Crippen LogP contribution is -2.41. The fraction of sp³-hybridized carbons (Fsp3) is 0.250. The van der Waals surface area contributed by atoms with Gasteiger partial charge in [-0.05, 0) is 49.2 Å². The average Bonchev–Trinajstić information content (AvgIpc) is 3.14. The van der Waals surface area contributed by atoms with Crippen LogP contribution in [0.4, 0.5) is 11.4 Å². The van der Waals surface area contributed by atoms with Crippen molar-refractivity contribution >= 4 is 29.0 Å². The number of hydrogen-bond acceptors (Lipinski definition) is 4. The van der Waals surface area contributed by atoms with Crippen molar-refractivity contribution in [1.29, 1.82) is 0 Å². The average molecular weight is 334 g/mol. The molecule has 2 aromatic rings. The fourth-order valence-corrected chi connectivity index (χ4v) is 3.85. The molecule has 2 aliphatic heterocycles. The van der Waals surface area contributed by atoms with E-state index >= 15 is 0 Å². The molecular formula is C20H18N2O3. The Morgan fingerprint density at radius 1 is 1.16 bits per heavy atom. The number of nitrogens with zero attached hydrogens (tertiary/aromatic N) is 2. The van der Waals surface area contributed by atoms with E-state index < -0.39 is 5.41 Å². The number of rotatable bonds is 2. The molecule has 0 radical (unpaired) electrons. The Labute approximate surface area is 145 Å². The Morgan fingerprint density at radius 2 is 1.88 bits per heavy atom. The third kappa shape index (κ3) is 2.12. The Balaban J connectivity index is 1.69. The van der Waals surface area contributed by atoms with Gasteiger partial charge in [0.25, 0.3) is 0 Å². The topological polar surface area (TPSA) is 59.0 Å². The molecule has 2 heterocycles. The van der Waals surface area contributed by atoms with Gasteiger partial charge in [-0.15, -0.1) is 0 Å². The van der Waals surface area contributed by atoms with Gasteiger partial charge in [0.1, 0.15) is 5.41 Å². The number of anilines is 1. The van der Waals surface area contributed by atoms with E-state index in [2.05, 4.69) is 4.99 Å². The van der Waals surface area contributed by atoms with Gasteiger partial charge >= 0.3 is 5.97 Å². The summed E-state index contributed by atoms with van der Waals surface area (Å²) >= 11 is 0. The van der Waals surface area contributed by atoms with Crippen LogP contribution in [-0.4, -0.2) is 31.2 Å². The van der Waals surface area contributed by atoms with E-state index in [-0.39, 0.29) is 11.9 Å². The first-order valence-electron chi connectivity index (χ1n) is 8.23. The minimum atomic E-state index is -0.655. The van der Waals surface area contributed by atoms with Crippen molar-refractivity contribution in [2.45, 2.75) is 18.8 Å². The third-order valence-electron chi connectivity index (χ3n) is 5.19. The predicted octanol–water partition coefficient (Wildman–Crippen LogP) is 3.25. The summed E-state index contributed by atoms with van der Waals surface area (Å²) in [5, 5.41) is 0. The van der Waals surface area contributed by atoms with Crippen LogP contribution >= 0.6 is 0 Å². The maximum atomic E-state index is 13.3. The second-order valence-corrected chi connectivity index (χ2v) is 6.36. The maximum Gasteiger partial charge on any atom is 0.337 e. The highest BCUT2D eigenvalue weighted by molar-refractivity contribution is 6.23. The molecule has 0 aliphatic carbocycles. The van der Waals surface area contributed by atoms with Crippen LogP contribution in [-0.2, 0) is 14.9 Å². The number of aliphatic imine (C=N–C) groups is 1. The molecule has 0 aromatic heterocycles. The van der Waals surface area contributed by atoms with E-state index in [1.165, 1.54) is 7.11 Å². The number of fused-ring (bicyclic) bond motifs is 2. The zero-order chi connectivity index (χ0) is 17.6. The van der Waals surface area contributed by atoms with Crippen molar-refractivity contribution in [2.24, 2.45) is 4.99 Å². The van der Waals surface area contributed by atoms with Crippen molar-refractivity contribution in [3.05, 3.63) is 59.7 Å². The molecule has 0 bridgehead atoms. The smallest absolute Gasteiger partial charge is 0.337 e. The van der Waals surface area contributed by atoms with Gasteiger partial charge in [0, 0.05) is 17.9 Å². The van der Waals surface area contributed by atoms with Gasteiger partial charge in [-0.3, -0.25) is 9.79 Å². The second-order valence-electron chi connectivity index (χ2n) is 6.36. The predicted molar refractivity (Wildman–Crippen MR) is 95.6 cm³/mol. The molecule has 4 rings (SSSR count). The van der Waals surface area contributed by atoms with Gasteiger partial charge in [-0.1, -0.05) is 18.2 Å². The number of hydrogen-bond donors (Lipinski definition) is 0. The first kappa shape index (κ1) is 15.6. The highest BCUT2D eigenvalue weighted by atomic mass is 16.5. The molecule has 1 amide bonds. The first-order chi connectivity index (χ1) is 12.1. The summed E-state index contributed by atoms with van der Waals surface area (Å²) in [5.41, 5.74) is 3.33. The number of benzene rings is 2. The van der Waals surface area contributed by atoms with Crippen LogP contribution in [0.3, 0.4) is 0 Å². The normalized spacial score (nSPS) is 21.4. The van der Waals surface area contributed by atoms with Crippen molar-refractivity contribution in [3.8, 4) is 0 Å². The molecule has 5 heteroatoms. The van der Waals surface area contributed by atoms with Gasteiger partial charge in [-0.25, -0.2) is 4.79 Å². The van der Waals surface area contributed by atoms with Crippen LogP contribution in [0.1, 0.15) is 29.3 Å². The van der Waals surface area contributed by atoms with Crippen LogP contribution < -0.4 is 4.90 Å². The van der Waals surface area contributed by atoms with Gasteiger partial charge in [0.05, 0.1) is 18.4 Å². The number of ether oxygens (including phenoxy) is 1. The third-order valence-corrected chi connectivity index (χ3v) is 5.19. The number of amides is 1. The maximum absolute atomic E-state index is 13.3. The van der Waals surface area contributed by atoms with Crippen LogP contribution in [0, 0.1) is 0 Å². The quantitative estimate of drug-likeness (QED) is 0.792. The number of carbonyl (C=O) groups is 2. The molecular weight excluding hydrogens is 316 g/mol. The summed E-state index contributed by atoms with van der Waals surface area (Å²) in [6.45, 7) is 2.55. The number of carbonyl (C=O) groups excluding carboxylic acids is 2. The molecule has 1 spiro atoms.